The van der Waals surface area contributed by atoms with E-state index in [9.17, 15) is 17.6 Å². The van der Waals surface area contributed by atoms with Crippen molar-refractivity contribution in [3.05, 3.63) is 59.9 Å². The van der Waals surface area contributed by atoms with Gasteiger partial charge in [-0.1, -0.05) is 13.3 Å². The molecule has 0 bridgehead atoms. The molecule has 27 heavy (non-hydrogen) atoms. The van der Waals surface area contributed by atoms with Crippen LogP contribution in [0.3, 0.4) is 0 Å². The molecule has 1 aliphatic rings. The minimum absolute atomic E-state index is 0.0326. The van der Waals surface area contributed by atoms with Gasteiger partial charge in [0.1, 0.15) is 5.82 Å². The lowest BCUT2D eigenvalue weighted by molar-refractivity contribution is 0.102. The molecule has 1 amide bonds. The van der Waals surface area contributed by atoms with Crippen LogP contribution in [0.4, 0.5) is 10.1 Å². The van der Waals surface area contributed by atoms with Gasteiger partial charge in [-0.2, -0.15) is 4.31 Å². The van der Waals surface area contributed by atoms with Gasteiger partial charge in [-0.3, -0.25) is 4.79 Å². The lowest BCUT2D eigenvalue weighted by Crippen LogP contribution is -2.43. The van der Waals surface area contributed by atoms with Gasteiger partial charge in [0.25, 0.3) is 5.91 Å². The molecular weight excluding hydrogens is 367 g/mol. The van der Waals surface area contributed by atoms with Crippen molar-refractivity contribution < 1.29 is 17.6 Å². The van der Waals surface area contributed by atoms with Gasteiger partial charge < -0.3 is 5.32 Å². The quantitative estimate of drug-likeness (QED) is 0.838. The monoisotopic (exact) mass is 390 g/mol. The molecule has 1 aliphatic heterocycles. The zero-order valence-electron chi connectivity index (χ0n) is 15.2. The van der Waals surface area contributed by atoms with E-state index in [4.69, 9.17) is 0 Å². The fourth-order valence-corrected chi connectivity index (χ4v) is 5.12. The molecule has 0 saturated carbocycles. The number of hydrogen-bond acceptors (Lipinski definition) is 3. The third-order valence-electron chi connectivity index (χ3n) is 4.87. The Morgan fingerprint density at radius 3 is 2.41 bits per heavy atom. The Bertz CT molecular complexity index is 896. The molecule has 0 spiro atoms. The number of rotatable bonds is 5. The fraction of sp³-hybridized carbons (Fsp3) is 0.350. The Morgan fingerprint density at radius 2 is 1.78 bits per heavy atom. The number of piperidine rings is 1. The van der Waals surface area contributed by atoms with Gasteiger partial charge in [0, 0.05) is 23.8 Å². The second-order valence-electron chi connectivity index (χ2n) is 6.66. The van der Waals surface area contributed by atoms with Gasteiger partial charge in [-0.15, -0.1) is 0 Å². The smallest absolute Gasteiger partial charge is 0.255 e. The minimum Gasteiger partial charge on any atom is -0.322 e. The lowest BCUT2D eigenvalue weighted by atomic mass is 10.0. The highest BCUT2D eigenvalue weighted by Gasteiger charge is 2.32. The van der Waals surface area contributed by atoms with Gasteiger partial charge >= 0.3 is 0 Å². The number of sulfonamides is 1. The van der Waals surface area contributed by atoms with E-state index in [0.29, 0.717) is 17.8 Å². The average molecular weight is 390 g/mol. The van der Waals surface area contributed by atoms with Gasteiger partial charge in [0.15, 0.2) is 0 Å². The number of halogens is 1. The second-order valence-corrected chi connectivity index (χ2v) is 8.55. The highest BCUT2D eigenvalue weighted by Crippen LogP contribution is 2.27. The highest BCUT2D eigenvalue weighted by atomic mass is 32.2. The summed E-state index contributed by atoms with van der Waals surface area (Å²) in [6, 6.07) is 11.4. The average Bonchev–Trinajstić information content (AvgIpc) is 2.69. The maximum atomic E-state index is 13.0. The largest absolute Gasteiger partial charge is 0.322 e. The van der Waals surface area contributed by atoms with E-state index in [0.717, 1.165) is 25.7 Å². The Hall–Kier alpha value is -2.25. The zero-order valence-corrected chi connectivity index (χ0v) is 16.0. The van der Waals surface area contributed by atoms with Crippen LogP contribution in [0.5, 0.6) is 0 Å². The molecule has 3 rings (SSSR count). The predicted octanol–water partition coefficient (Wildman–Crippen LogP) is 4.03. The van der Waals surface area contributed by atoms with Gasteiger partial charge in [-0.25, -0.2) is 12.8 Å². The third kappa shape index (κ3) is 4.36. The van der Waals surface area contributed by atoms with E-state index < -0.39 is 10.0 Å². The molecule has 7 heteroatoms. The maximum absolute atomic E-state index is 13.0. The summed E-state index contributed by atoms with van der Waals surface area (Å²) < 4.78 is 40.4. The standard InChI is InChI=1S/C20H23FN2O3S/c1-2-18-5-3-4-14-23(18)27(25,26)19-12-6-15(7-13-19)20(24)22-17-10-8-16(21)9-11-17/h6-13,18H,2-5,14H2,1H3,(H,22,24). The molecule has 5 nitrogen and oxygen atoms in total. The van der Waals surface area contributed by atoms with Crippen molar-refractivity contribution in [3.8, 4) is 0 Å². The molecule has 1 heterocycles. The number of hydrogen-bond donors (Lipinski definition) is 1. The minimum atomic E-state index is -3.57. The van der Waals surface area contributed by atoms with Crippen molar-refractivity contribution in [2.24, 2.45) is 0 Å². The van der Waals surface area contributed by atoms with Crippen molar-refractivity contribution in [1.82, 2.24) is 4.31 Å². The predicted molar refractivity (Wildman–Crippen MR) is 103 cm³/mol. The van der Waals surface area contributed by atoms with E-state index in [-0.39, 0.29) is 22.7 Å². The van der Waals surface area contributed by atoms with Crippen molar-refractivity contribution in [3.63, 3.8) is 0 Å². The molecular formula is C20H23FN2O3S. The van der Waals surface area contributed by atoms with Crippen LogP contribution in [0, 0.1) is 5.82 Å². The zero-order chi connectivity index (χ0) is 19.4. The van der Waals surface area contributed by atoms with Gasteiger partial charge in [-0.05, 0) is 67.8 Å². The van der Waals surface area contributed by atoms with E-state index in [1.54, 1.807) is 4.31 Å². The van der Waals surface area contributed by atoms with Crippen LogP contribution < -0.4 is 5.32 Å². The van der Waals surface area contributed by atoms with Crippen LogP contribution in [-0.2, 0) is 10.0 Å². The molecule has 1 N–H and O–H groups in total. The maximum Gasteiger partial charge on any atom is 0.255 e. The van der Waals surface area contributed by atoms with E-state index >= 15 is 0 Å². The molecule has 1 unspecified atom stereocenters. The summed E-state index contributed by atoms with van der Waals surface area (Å²) in [6.07, 6.45) is 3.59. The molecule has 0 aromatic heterocycles. The molecule has 1 atom stereocenters. The summed E-state index contributed by atoms with van der Waals surface area (Å²) in [7, 11) is -3.57. The SMILES string of the molecule is CCC1CCCCN1S(=O)(=O)c1ccc(C(=O)Nc2ccc(F)cc2)cc1. The van der Waals surface area contributed by atoms with Crippen molar-refractivity contribution in [2.45, 2.75) is 43.5 Å². The number of nitrogens with zero attached hydrogens (tertiary/aromatic N) is 1. The Kier molecular flexibility index (Phi) is 5.92. The highest BCUT2D eigenvalue weighted by molar-refractivity contribution is 7.89. The normalized spacial score (nSPS) is 18.2. The summed E-state index contributed by atoms with van der Waals surface area (Å²) in [6.45, 7) is 2.54. The van der Waals surface area contributed by atoms with Crippen LogP contribution in [0.2, 0.25) is 0 Å². The molecule has 1 saturated heterocycles. The number of carbonyl (C=O) groups is 1. The molecule has 1 fully saturated rings. The summed E-state index contributed by atoms with van der Waals surface area (Å²) in [5.74, 6) is -0.763. The first kappa shape index (κ1) is 19.5. The first-order valence-electron chi connectivity index (χ1n) is 9.10. The summed E-state index contributed by atoms with van der Waals surface area (Å²) >= 11 is 0. The summed E-state index contributed by atoms with van der Waals surface area (Å²) in [4.78, 5) is 12.5. The number of carbonyl (C=O) groups excluding carboxylic acids is 1. The summed E-state index contributed by atoms with van der Waals surface area (Å²) in [5.41, 5.74) is 0.807. The van der Waals surface area contributed by atoms with E-state index in [1.165, 1.54) is 48.5 Å². The number of nitrogens with one attached hydrogen (secondary N) is 1. The van der Waals surface area contributed by atoms with Gasteiger partial charge in [0.2, 0.25) is 10.0 Å². The van der Waals surface area contributed by atoms with Crippen molar-refractivity contribution in [2.75, 3.05) is 11.9 Å². The second kappa shape index (κ2) is 8.19. The van der Waals surface area contributed by atoms with Crippen molar-refractivity contribution >= 4 is 21.6 Å². The van der Waals surface area contributed by atoms with Crippen LogP contribution in [0.25, 0.3) is 0 Å². The van der Waals surface area contributed by atoms with Crippen LogP contribution in [0.15, 0.2) is 53.4 Å². The van der Waals surface area contributed by atoms with Crippen molar-refractivity contribution in [1.29, 1.82) is 0 Å². The lowest BCUT2D eigenvalue weighted by Gasteiger charge is -2.34. The third-order valence-corrected chi connectivity index (χ3v) is 6.84. The topological polar surface area (TPSA) is 66.5 Å². The molecule has 0 radical (unpaired) electrons. The fourth-order valence-electron chi connectivity index (χ4n) is 3.35. The Morgan fingerprint density at radius 1 is 1.11 bits per heavy atom. The summed E-state index contributed by atoms with van der Waals surface area (Å²) in [5, 5.41) is 2.66. The Balaban J connectivity index is 1.75. The molecule has 0 aliphatic carbocycles. The first-order valence-corrected chi connectivity index (χ1v) is 10.5. The molecule has 144 valence electrons. The molecule has 2 aromatic rings. The first-order chi connectivity index (χ1) is 12.9. The van der Waals surface area contributed by atoms with E-state index in [2.05, 4.69) is 5.32 Å². The van der Waals surface area contributed by atoms with Gasteiger partial charge in [0.05, 0.1) is 4.90 Å². The van der Waals surface area contributed by atoms with Crippen LogP contribution in [0.1, 0.15) is 43.0 Å². The molecule has 2 aromatic carbocycles. The van der Waals surface area contributed by atoms with Crippen LogP contribution >= 0.6 is 0 Å². The number of amides is 1. The number of anilines is 1. The number of benzene rings is 2. The van der Waals surface area contributed by atoms with Crippen LogP contribution in [-0.4, -0.2) is 31.2 Å². The Labute approximate surface area is 159 Å². The van der Waals surface area contributed by atoms with E-state index in [1.807, 2.05) is 6.92 Å².